The fraction of sp³-hybridized carbons (Fsp3) is 0.714. The van der Waals surface area contributed by atoms with Gasteiger partial charge in [0.25, 0.3) is 0 Å². The average Bonchev–Trinajstić information content (AvgIpc) is 2.65. The number of ether oxygens (including phenoxy) is 1. The summed E-state index contributed by atoms with van der Waals surface area (Å²) in [6.07, 6.45) is 1.54. The summed E-state index contributed by atoms with van der Waals surface area (Å²) in [5.41, 5.74) is 0. The highest BCUT2D eigenvalue weighted by molar-refractivity contribution is 9.13. The lowest BCUT2D eigenvalue weighted by molar-refractivity contribution is 0.0854. The summed E-state index contributed by atoms with van der Waals surface area (Å²) in [5.74, 6) is 0.606. The Balaban J connectivity index is 2.78. The molecule has 0 N–H and O–H groups in total. The lowest BCUT2D eigenvalue weighted by atomic mass is 10.3. The lowest BCUT2D eigenvalue weighted by Crippen LogP contribution is -2.26. The van der Waals surface area contributed by atoms with E-state index in [0.717, 1.165) is 17.3 Å². The van der Waals surface area contributed by atoms with E-state index in [1.807, 2.05) is 25.3 Å². The van der Waals surface area contributed by atoms with Gasteiger partial charge in [0, 0.05) is 14.7 Å². The zero-order chi connectivity index (χ0) is 17.8. The molecule has 0 aliphatic heterocycles. The standard InChI is InChI=1S/C14H25Br2N3O2SSi/c1-14(2,3)22(20)17-9-11-18-12(15)13(16)19(11)10-21-7-8-23(4,5)6/h9H,7-8,10H2,1-6H3/t22-/m0/s1. The summed E-state index contributed by atoms with van der Waals surface area (Å²) in [6.45, 7) is 13.7. The van der Waals surface area contributed by atoms with Crippen LogP contribution in [0.1, 0.15) is 26.6 Å². The van der Waals surface area contributed by atoms with E-state index in [4.69, 9.17) is 4.74 Å². The van der Waals surface area contributed by atoms with E-state index < -0.39 is 24.2 Å². The summed E-state index contributed by atoms with van der Waals surface area (Å²) >= 11 is 5.56. The zero-order valence-corrected chi connectivity index (χ0v) is 19.5. The van der Waals surface area contributed by atoms with Gasteiger partial charge in [-0.05, 0) is 58.7 Å². The molecule has 1 heterocycles. The maximum absolute atomic E-state index is 12.0. The molecule has 0 bridgehead atoms. The molecular weight excluding hydrogens is 462 g/mol. The van der Waals surface area contributed by atoms with Crippen molar-refractivity contribution in [3.63, 3.8) is 0 Å². The van der Waals surface area contributed by atoms with Crippen molar-refractivity contribution in [2.75, 3.05) is 6.61 Å². The van der Waals surface area contributed by atoms with Crippen LogP contribution in [0.25, 0.3) is 0 Å². The van der Waals surface area contributed by atoms with Gasteiger partial charge in [-0.3, -0.25) is 4.57 Å². The Kier molecular flexibility index (Phi) is 8.01. The SMILES string of the molecule is CC(C)(C)[S@+]([O-])N=Cc1nc(Br)c(Br)n1COCC[Si](C)(C)C. The average molecular weight is 487 g/mol. The fourth-order valence-corrected chi connectivity index (χ4v) is 3.46. The molecule has 23 heavy (non-hydrogen) atoms. The second-order valence-corrected chi connectivity index (χ2v) is 16.5. The molecule has 0 amide bonds. The van der Waals surface area contributed by atoms with Crippen LogP contribution in [-0.4, -0.2) is 39.7 Å². The van der Waals surface area contributed by atoms with Crippen molar-refractivity contribution in [1.82, 2.24) is 9.55 Å². The molecule has 0 fully saturated rings. The molecule has 1 rings (SSSR count). The van der Waals surface area contributed by atoms with E-state index in [9.17, 15) is 4.55 Å². The Morgan fingerprint density at radius 3 is 2.48 bits per heavy atom. The molecule has 0 aliphatic carbocycles. The van der Waals surface area contributed by atoms with Gasteiger partial charge in [-0.2, -0.15) is 0 Å². The van der Waals surface area contributed by atoms with Crippen LogP contribution < -0.4 is 0 Å². The Labute approximate surface area is 159 Å². The first-order valence-electron chi connectivity index (χ1n) is 7.37. The summed E-state index contributed by atoms with van der Waals surface area (Å²) < 4.78 is 24.9. The van der Waals surface area contributed by atoms with Gasteiger partial charge in [0.15, 0.2) is 5.82 Å². The first kappa shape index (κ1) is 21.4. The zero-order valence-electron chi connectivity index (χ0n) is 14.5. The van der Waals surface area contributed by atoms with Crippen LogP contribution in [0.4, 0.5) is 0 Å². The Bertz CT molecular complexity index is 553. The molecule has 0 unspecified atom stereocenters. The smallest absolute Gasteiger partial charge is 0.159 e. The van der Waals surface area contributed by atoms with Crippen LogP contribution >= 0.6 is 31.9 Å². The second kappa shape index (κ2) is 8.62. The van der Waals surface area contributed by atoms with Crippen LogP contribution in [0.5, 0.6) is 0 Å². The third-order valence-corrected chi connectivity index (χ3v) is 7.84. The molecule has 0 radical (unpaired) electrons. The topological polar surface area (TPSA) is 62.5 Å². The third-order valence-electron chi connectivity index (χ3n) is 2.90. The molecule has 5 nitrogen and oxygen atoms in total. The number of imidazole rings is 1. The molecule has 1 aromatic rings. The van der Waals surface area contributed by atoms with Crippen molar-refractivity contribution >= 4 is 57.5 Å². The highest BCUT2D eigenvalue weighted by atomic mass is 79.9. The Morgan fingerprint density at radius 2 is 1.96 bits per heavy atom. The van der Waals surface area contributed by atoms with Gasteiger partial charge in [-0.1, -0.05) is 24.0 Å². The van der Waals surface area contributed by atoms with Crippen LogP contribution in [0.3, 0.4) is 0 Å². The van der Waals surface area contributed by atoms with Crippen molar-refractivity contribution in [3.05, 3.63) is 15.0 Å². The van der Waals surface area contributed by atoms with Crippen molar-refractivity contribution in [2.45, 2.75) is 57.9 Å². The number of hydrogen-bond donors (Lipinski definition) is 0. The molecule has 0 aliphatic rings. The van der Waals surface area contributed by atoms with Crippen LogP contribution in [-0.2, 0) is 22.8 Å². The second-order valence-electron chi connectivity index (χ2n) is 7.42. The van der Waals surface area contributed by atoms with Crippen LogP contribution in [0, 0.1) is 0 Å². The molecular formula is C14H25Br2N3O2SSi. The predicted octanol–water partition coefficient (Wildman–Crippen LogP) is 4.60. The Morgan fingerprint density at radius 1 is 1.35 bits per heavy atom. The molecule has 0 saturated heterocycles. The van der Waals surface area contributed by atoms with Gasteiger partial charge in [-0.25, -0.2) is 4.98 Å². The van der Waals surface area contributed by atoms with Crippen molar-refractivity contribution in [2.24, 2.45) is 4.40 Å². The van der Waals surface area contributed by atoms with E-state index in [1.165, 1.54) is 0 Å². The molecule has 1 atom stereocenters. The van der Waals surface area contributed by atoms with Gasteiger partial charge in [0.2, 0.25) is 0 Å². The van der Waals surface area contributed by atoms with Crippen molar-refractivity contribution in [1.29, 1.82) is 0 Å². The summed E-state index contributed by atoms with van der Waals surface area (Å²) in [5, 5.41) is 0. The van der Waals surface area contributed by atoms with Gasteiger partial charge < -0.3 is 9.29 Å². The number of hydrogen-bond acceptors (Lipinski definition) is 4. The van der Waals surface area contributed by atoms with Gasteiger partial charge in [0.1, 0.15) is 38.3 Å². The first-order chi connectivity index (χ1) is 10.4. The number of rotatable bonds is 7. The summed E-state index contributed by atoms with van der Waals surface area (Å²) in [4.78, 5) is 4.37. The molecule has 0 aromatic carbocycles. The Hall–Kier alpha value is 0.327. The maximum Gasteiger partial charge on any atom is 0.159 e. The molecule has 0 saturated carbocycles. The van der Waals surface area contributed by atoms with Gasteiger partial charge in [-0.15, -0.1) is 0 Å². The molecule has 9 heteroatoms. The van der Waals surface area contributed by atoms with Crippen molar-refractivity contribution < 1.29 is 9.29 Å². The highest BCUT2D eigenvalue weighted by Gasteiger charge is 2.26. The normalized spacial score (nSPS) is 14.7. The van der Waals surface area contributed by atoms with Crippen molar-refractivity contribution in [3.8, 4) is 0 Å². The number of nitrogens with zero attached hydrogens (tertiary/aromatic N) is 3. The van der Waals surface area contributed by atoms with E-state index >= 15 is 0 Å². The highest BCUT2D eigenvalue weighted by Crippen LogP contribution is 2.24. The largest absolute Gasteiger partial charge is 0.591 e. The number of aromatic nitrogens is 2. The maximum atomic E-state index is 12.0. The van der Waals surface area contributed by atoms with Crippen LogP contribution in [0.15, 0.2) is 13.6 Å². The van der Waals surface area contributed by atoms with Crippen LogP contribution in [0.2, 0.25) is 25.7 Å². The minimum absolute atomic E-state index is 0.382. The lowest BCUT2D eigenvalue weighted by Gasteiger charge is -2.18. The third kappa shape index (κ3) is 7.39. The van der Waals surface area contributed by atoms with Gasteiger partial charge >= 0.3 is 0 Å². The summed E-state index contributed by atoms with van der Waals surface area (Å²) in [7, 11) is -1.11. The van der Waals surface area contributed by atoms with E-state index in [0.29, 0.717) is 17.2 Å². The minimum Gasteiger partial charge on any atom is -0.591 e. The minimum atomic E-state index is -1.31. The quantitative estimate of drug-likeness (QED) is 0.245. The first-order valence-corrected chi connectivity index (χ1v) is 13.8. The van der Waals surface area contributed by atoms with Gasteiger partial charge in [0.05, 0.1) is 0 Å². The van der Waals surface area contributed by atoms with E-state index in [1.54, 1.807) is 6.21 Å². The molecule has 132 valence electrons. The van der Waals surface area contributed by atoms with E-state index in [-0.39, 0.29) is 0 Å². The fourth-order valence-electron chi connectivity index (χ4n) is 1.43. The predicted molar refractivity (Wildman–Crippen MR) is 107 cm³/mol. The molecule has 1 aromatic heterocycles. The number of halogens is 2. The molecule has 0 spiro atoms. The summed E-state index contributed by atoms with van der Waals surface area (Å²) in [6, 6.07) is 1.11. The van der Waals surface area contributed by atoms with E-state index in [2.05, 4.69) is 60.9 Å². The monoisotopic (exact) mass is 485 g/mol.